The van der Waals surface area contributed by atoms with Gasteiger partial charge in [-0.2, -0.15) is 0 Å². The van der Waals surface area contributed by atoms with Crippen LogP contribution in [0.25, 0.3) is 0 Å². The number of aliphatic imine (C=N–C) groups is 1. The number of nitrogens with zero attached hydrogens (tertiary/aromatic N) is 1. The van der Waals surface area contributed by atoms with Gasteiger partial charge in [-0.3, -0.25) is 0 Å². The van der Waals surface area contributed by atoms with Crippen LogP contribution >= 0.6 is 24.0 Å². The van der Waals surface area contributed by atoms with Crippen LogP contribution in [0.4, 0.5) is 0 Å². The highest BCUT2D eigenvalue weighted by molar-refractivity contribution is 14.0. The average Bonchev–Trinajstić information content (AvgIpc) is 2.83. The first-order valence-electron chi connectivity index (χ1n) is 6.14. The molecule has 0 spiro atoms. The summed E-state index contributed by atoms with van der Waals surface area (Å²) in [7, 11) is 0. The van der Waals surface area contributed by atoms with Gasteiger partial charge in [0.25, 0.3) is 0 Å². The van der Waals surface area contributed by atoms with E-state index in [-0.39, 0.29) is 24.0 Å². The zero-order chi connectivity index (χ0) is 13.0. The minimum atomic E-state index is 0. The quantitative estimate of drug-likeness (QED) is 0.480. The first-order valence-corrected chi connectivity index (χ1v) is 6.14. The number of nitrogens with one attached hydrogen (secondary N) is 1. The number of halogens is 1. The molecule has 1 unspecified atom stereocenters. The first kappa shape index (κ1) is 15.9. The molecule has 0 bridgehead atoms. The van der Waals surface area contributed by atoms with Crippen LogP contribution in [0.2, 0.25) is 0 Å². The van der Waals surface area contributed by atoms with E-state index in [0.29, 0.717) is 25.3 Å². The Labute approximate surface area is 130 Å². The van der Waals surface area contributed by atoms with Crippen LogP contribution in [0.1, 0.15) is 25.8 Å². The maximum Gasteiger partial charge on any atom is 0.231 e. The number of ether oxygens (including phenoxy) is 2. The second-order valence-electron chi connectivity index (χ2n) is 4.34. The van der Waals surface area contributed by atoms with Crippen molar-refractivity contribution >= 4 is 29.9 Å². The molecule has 19 heavy (non-hydrogen) atoms. The molecular formula is C13H20IN3O2. The van der Waals surface area contributed by atoms with Gasteiger partial charge in [-0.1, -0.05) is 13.0 Å². The van der Waals surface area contributed by atoms with Crippen molar-refractivity contribution in [1.82, 2.24) is 5.32 Å². The Bertz CT molecular complexity index is 452. The Morgan fingerprint density at radius 1 is 1.42 bits per heavy atom. The van der Waals surface area contributed by atoms with Crippen LogP contribution in [0.15, 0.2) is 23.2 Å². The Kier molecular flexibility index (Phi) is 6.20. The van der Waals surface area contributed by atoms with Crippen molar-refractivity contribution in [3.63, 3.8) is 0 Å². The predicted octanol–water partition coefficient (Wildman–Crippen LogP) is 2.24. The molecule has 3 N–H and O–H groups in total. The number of hydrogen-bond acceptors (Lipinski definition) is 3. The maximum absolute atomic E-state index is 5.79. The minimum Gasteiger partial charge on any atom is -0.454 e. The third-order valence-electron chi connectivity index (χ3n) is 2.88. The molecule has 1 aromatic carbocycles. The summed E-state index contributed by atoms with van der Waals surface area (Å²) in [5.74, 6) is 2.03. The molecule has 0 aliphatic carbocycles. The number of fused-ring (bicyclic) bond motifs is 1. The van der Waals surface area contributed by atoms with Crippen molar-refractivity contribution in [2.24, 2.45) is 10.7 Å². The van der Waals surface area contributed by atoms with Crippen molar-refractivity contribution in [1.29, 1.82) is 0 Å². The smallest absolute Gasteiger partial charge is 0.231 e. The first-order chi connectivity index (χ1) is 8.69. The molecule has 0 radical (unpaired) electrons. The Morgan fingerprint density at radius 2 is 2.16 bits per heavy atom. The molecule has 1 heterocycles. The van der Waals surface area contributed by atoms with Gasteiger partial charge in [-0.25, -0.2) is 4.99 Å². The van der Waals surface area contributed by atoms with E-state index in [9.17, 15) is 0 Å². The lowest BCUT2D eigenvalue weighted by atomic mass is 10.2. The molecule has 0 aromatic heterocycles. The Balaban J connectivity index is 0.00000180. The van der Waals surface area contributed by atoms with Gasteiger partial charge in [0.05, 0.1) is 6.54 Å². The largest absolute Gasteiger partial charge is 0.454 e. The lowest BCUT2D eigenvalue weighted by Crippen LogP contribution is -2.38. The van der Waals surface area contributed by atoms with Crippen LogP contribution in [0.3, 0.4) is 0 Å². The molecule has 1 aromatic rings. The standard InChI is InChI=1S/C13H19N3O2.HI/c1-3-9(2)16-13(14)15-7-10-4-5-11-12(6-10)18-8-17-11;/h4-6,9H,3,7-8H2,1-2H3,(H3,14,15,16);1H. The molecule has 0 amide bonds. The number of benzene rings is 1. The predicted molar refractivity (Wildman–Crippen MR) is 86.2 cm³/mol. The summed E-state index contributed by atoms with van der Waals surface area (Å²) >= 11 is 0. The molecule has 0 saturated carbocycles. The van der Waals surface area contributed by atoms with E-state index in [2.05, 4.69) is 24.2 Å². The number of rotatable bonds is 4. The number of guanidine groups is 1. The fourth-order valence-electron chi connectivity index (χ4n) is 1.62. The summed E-state index contributed by atoms with van der Waals surface area (Å²) < 4.78 is 10.6. The fraction of sp³-hybridized carbons (Fsp3) is 0.462. The zero-order valence-electron chi connectivity index (χ0n) is 11.2. The number of nitrogens with two attached hydrogens (primary N) is 1. The van der Waals surface area contributed by atoms with Gasteiger partial charge >= 0.3 is 0 Å². The molecule has 2 rings (SSSR count). The van der Waals surface area contributed by atoms with Crippen molar-refractivity contribution in [3.8, 4) is 11.5 Å². The van der Waals surface area contributed by atoms with Gasteiger partial charge in [-0.15, -0.1) is 24.0 Å². The third-order valence-corrected chi connectivity index (χ3v) is 2.88. The summed E-state index contributed by atoms with van der Waals surface area (Å²) in [5, 5.41) is 3.12. The minimum absolute atomic E-state index is 0. The molecule has 1 aliphatic rings. The molecule has 1 atom stereocenters. The van der Waals surface area contributed by atoms with Crippen molar-refractivity contribution in [2.45, 2.75) is 32.9 Å². The molecule has 6 heteroatoms. The highest BCUT2D eigenvalue weighted by Crippen LogP contribution is 2.32. The van der Waals surface area contributed by atoms with Gasteiger partial charge < -0.3 is 20.5 Å². The fourth-order valence-corrected chi connectivity index (χ4v) is 1.62. The van der Waals surface area contributed by atoms with Gasteiger partial charge in [-0.05, 0) is 31.0 Å². The summed E-state index contributed by atoms with van der Waals surface area (Å²) in [6.45, 7) is 5.00. The monoisotopic (exact) mass is 377 g/mol. The van der Waals surface area contributed by atoms with E-state index in [1.54, 1.807) is 0 Å². The highest BCUT2D eigenvalue weighted by Gasteiger charge is 2.12. The highest BCUT2D eigenvalue weighted by atomic mass is 127. The SMILES string of the molecule is CCC(C)NC(N)=NCc1ccc2c(c1)OCO2.I. The van der Waals surface area contributed by atoms with Crippen LogP contribution in [-0.4, -0.2) is 18.8 Å². The van der Waals surface area contributed by atoms with Gasteiger partial charge in [0.1, 0.15) is 0 Å². The average molecular weight is 377 g/mol. The molecule has 0 fully saturated rings. The number of hydrogen-bond donors (Lipinski definition) is 2. The molecule has 1 aliphatic heterocycles. The van der Waals surface area contributed by atoms with Crippen molar-refractivity contribution < 1.29 is 9.47 Å². The Morgan fingerprint density at radius 3 is 2.89 bits per heavy atom. The Hall–Kier alpha value is -1.18. The zero-order valence-corrected chi connectivity index (χ0v) is 13.5. The second-order valence-corrected chi connectivity index (χ2v) is 4.34. The van der Waals surface area contributed by atoms with Crippen LogP contribution < -0.4 is 20.5 Å². The summed E-state index contributed by atoms with van der Waals surface area (Å²) in [6, 6.07) is 6.13. The van der Waals surface area contributed by atoms with E-state index < -0.39 is 0 Å². The van der Waals surface area contributed by atoms with E-state index in [4.69, 9.17) is 15.2 Å². The van der Waals surface area contributed by atoms with E-state index >= 15 is 0 Å². The lowest BCUT2D eigenvalue weighted by Gasteiger charge is -2.11. The summed E-state index contributed by atoms with van der Waals surface area (Å²) in [4.78, 5) is 4.29. The third kappa shape index (κ3) is 4.45. The van der Waals surface area contributed by atoms with E-state index in [1.807, 2.05) is 18.2 Å². The summed E-state index contributed by atoms with van der Waals surface area (Å²) in [5.41, 5.74) is 6.84. The van der Waals surface area contributed by atoms with Crippen LogP contribution in [0, 0.1) is 0 Å². The molecule has 0 saturated heterocycles. The van der Waals surface area contributed by atoms with Gasteiger partial charge in [0.15, 0.2) is 17.5 Å². The normalized spacial score (nSPS) is 14.7. The lowest BCUT2D eigenvalue weighted by molar-refractivity contribution is 0.174. The molecule has 106 valence electrons. The van der Waals surface area contributed by atoms with E-state index in [0.717, 1.165) is 23.5 Å². The van der Waals surface area contributed by atoms with Crippen LogP contribution in [0.5, 0.6) is 11.5 Å². The van der Waals surface area contributed by atoms with Crippen molar-refractivity contribution in [3.05, 3.63) is 23.8 Å². The van der Waals surface area contributed by atoms with E-state index in [1.165, 1.54) is 0 Å². The van der Waals surface area contributed by atoms with Gasteiger partial charge in [0.2, 0.25) is 6.79 Å². The van der Waals surface area contributed by atoms with Crippen molar-refractivity contribution in [2.75, 3.05) is 6.79 Å². The maximum atomic E-state index is 5.79. The van der Waals surface area contributed by atoms with Crippen LogP contribution in [-0.2, 0) is 6.54 Å². The van der Waals surface area contributed by atoms with Gasteiger partial charge in [0, 0.05) is 6.04 Å². The molecule has 5 nitrogen and oxygen atoms in total. The molecular weight excluding hydrogens is 357 g/mol. The second kappa shape index (κ2) is 7.42. The topological polar surface area (TPSA) is 68.9 Å². The summed E-state index contributed by atoms with van der Waals surface area (Å²) in [6.07, 6.45) is 1.01.